The lowest BCUT2D eigenvalue weighted by Gasteiger charge is -2.27. The molecule has 1 amide bonds. The van der Waals surface area contributed by atoms with Gasteiger partial charge in [0.25, 0.3) is 5.91 Å². The summed E-state index contributed by atoms with van der Waals surface area (Å²) < 4.78 is 10.3. The molecule has 0 fully saturated rings. The van der Waals surface area contributed by atoms with E-state index in [1.807, 2.05) is 50.2 Å². The summed E-state index contributed by atoms with van der Waals surface area (Å²) in [6.07, 6.45) is 0. The number of esters is 1. The molecule has 0 aromatic heterocycles. The molecule has 2 rings (SSSR count). The maximum atomic E-state index is 11.9. The summed E-state index contributed by atoms with van der Waals surface area (Å²) in [6, 6.07) is 15.4. The van der Waals surface area contributed by atoms with Gasteiger partial charge in [-0.3, -0.25) is 4.79 Å². The van der Waals surface area contributed by atoms with Gasteiger partial charge in [0.05, 0.1) is 6.07 Å². The molecule has 26 heavy (non-hydrogen) atoms. The van der Waals surface area contributed by atoms with Gasteiger partial charge >= 0.3 is 5.97 Å². The molecular formula is C20H22N2O4. The molecule has 0 aliphatic heterocycles. The Balaban J connectivity index is 1.81. The first-order valence-electron chi connectivity index (χ1n) is 8.33. The highest BCUT2D eigenvalue weighted by atomic mass is 16.6. The number of ether oxygens (including phenoxy) is 2. The lowest BCUT2D eigenvalue weighted by atomic mass is 9.90. The van der Waals surface area contributed by atoms with Crippen LogP contribution in [0.5, 0.6) is 5.75 Å². The molecule has 0 heterocycles. The number of nitriles is 1. The molecule has 2 aromatic carbocycles. The Morgan fingerprint density at radius 3 is 2.50 bits per heavy atom. The van der Waals surface area contributed by atoms with Crippen molar-refractivity contribution in [2.45, 2.75) is 26.3 Å². The minimum Gasteiger partial charge on any atom is -0.482 e. The van der Waals surface area contributed by atoms with Gasteiger partial charge in [0.1, 0.15) is 11.3 Å². The van der Waals surface area contributed by atoms with Crippen LogP contribution in [0, 0.1) is 17.2 Å². The molecule has 0 unspecified atom stereocenters. The van der Waals surface area contributed by atoms with Gasteiger partial charge in [-0.2, -0.15) is 5.26 Å². The van der Waals surface area contributed by atoms with Crippen molar-refractivity contribution in [3.8, 4) is 11.8 Å². The lowest BCUT2D eigenvalue weighted by Crippen LogP contribution is -2.50. The number of nitrogens with zero attached hydrogens (tertiary/aromatic N) is 1. The maximum Gasteiger partial charge on any atom is 0.344 e. The average Bonchev–Trinajstić information content (AvgIpc) is 2.64. The van der Waals surface area contributed by atoms with Crippen LogP contribution in [0.25, 0.3) is 10.8 Å². The number of hydrogen-bond donors (Lipinski definition) is 1. The van der Waals surface area contributed by atoms with Crippen molar-refractivity contribution < 1.29 is 19.1 Å². The van der Waals surface area contributed by atoms with Gasteiger partial charge in [-0.15, -0.1) is 0 Å². The van der Waals surface area contributed by atoms with Crippen LogP contribution in [0.1, 0.15) is 20.8 Å². The number of fused-ring (bicyclic) bond motifs is 1. The van der Waals surface area contributed by atoms with Gasteiger partial charge in [-0.05, 0) is 35.7 Å². The van der Waals surface area contributed by atoms with Crippen molar-refractivity contribution in [2.24, 2.45) is 5.92 Å². The van der Waals surface area contributed by atoms with Gasteiger partial charge in [0, 0.05) is 0 Å². The second-order valence-corrected chi connectivity index (χ2v) is 6.48. The first kappa shape index (κ1) is 19.3. The largest absolute Gasteiger partial charge is 0.482 e. The molecule has 1 atom stereocenters. The Bertz CT molecular complexity index is 841. The van der Waals surface area contributed by atoms with Crippen LogP contribution in [0.4, 0.5) is 0 Å². The van der Waals surface area contributed by atoms with Crippen LogP contribution in [0.3, 0.4) is 0 Å². The number of hydrogen-bond acceptors (Lipinski definition) is 5. The molecule has 2 aromatic rings. The molecule has 136 valence electrons. The van der Waals surface area contributed by atoms with Crippen molar-refractivity contribution in [1.29, 1.82) is 5.26 Å². The molecule has 0 spiro atoms. The van der Waals surface area contributed by atoms with E-state index in [4.69, 9.17) is 9.47 Å². The molecule has 0 saturated carbocycles. The van der Waals surface area contributed by atoms with E-state index in [0.717, 1.165) is 10.8 Å². The highest BCUT2D eigenvalue weighted by molar-refractivity contribution is 5.84. The zero-order chi connectivity index (χ0) is 19.2. The Labute approximate surface area is 152 Å². The normalized spacial score (nSPS) is 12.9. The van der Waals surface area contributed by atoms with E-state index in [1.165, 1.54) is 0 Å². The summed E-state index contributed by atoms with van der Waals surface area (Å²) in [5, 5.41) is 13.8. The Morgan fingerprint density at radius 1 is 1.15 bits per heavy atom. The molecule has 0 aliphatic carbocycles. The maximum absolute atomic E-state index is 11.9. The highest BCUT2D eigenvalue weighted by Gasteiger charge is 2.30. The average molecular weight is 354 g/mol. The predicted molar refractivity (Wildman–Crippen MR) is 97.4 cm³/mol. The van der Waals surface area contributed by atoms with E-state index < -0.39 is 24.0 Å². The monoisotopic (exact) mass is 354 g/mol. The zero-order valence-corrected chi connectivity index (χ0v) is 15.1. The molecule has 6 heteroatoms. The van der Waals surface area contributed by atoms with Gasteiger partial charge in [-0.1, -0.05) is 44.2 Å². The molecule has 0 saturated heterocycles. The summed E-state index contributed by atoms with van der Waals surface area (Å²) in [5.41, 5.74) is -1.01. The summed E-state index contributed by atoms with van der Waals surface area (Å²) in [6.45, 7) is 4.52. The standard InChI is InChI=1S/C20H22N2O4/c1-14(2)20(3,13-21)22-18(23)11-26-19(24)12-25-17-9-8-15-6-4-5-7-16(15)10-17/h4-10,14H,11-12H2,1-3H3,(H,22,23)/t20-/m1/s1. The smallest absolute Gasteiger partial charge is 0.344 e. The van der Waals surface area contributed by atoms with Crippen LogP contribution in [-0.4, -0.2) is 30.6 Å². The van der Waals surface area contributed by atoms with E-state index in [-0.39, 0.29) is 12.5 Å². The number of amides is 1. The Hall–Kier alpha value is -3.07. The number of carbonyl (C=O) groups is 2. The van der Waals surface area contributed by atoms with E-state index in [1.54, 1.807) is 13.0 Å². The summed E-state index contributed by atoms with van der Waals surface area (Å²) in [7, 11) is 0. The molecule has 1 N–H and O–H groups in total. The van der Waals surface area contributed by atoms with Gasteiger partial charge < -0.3 is 14.8 Å². The van der Waals surface area contributed by atoms with Crippen LogP contribution in [0.15, 0.2) is 42.5 Å². The highest BCUT2D eigenvalue weighted by Crippen LogP contribution is 2.20. The number of carbonyl (C=O) groups excluding carboxylic acids is 2. The Morgan fingerprint density at radius 2 is 1.85 bits per heavy atom. The van der Waals surface area contributed by atoms with Crippen molar-refractivity contribution in [3.63, 3.8) is 0 Å². The summed E-state index contributed by atoms with van der Waals surface area (Å²) in [5.74, 6) is -0.719. The molecule has 0 bridgehead atoms. The van der Waals surface area contributed by atoms with Crippen molar-refractivity contribution in [1.82, 2.24) is 5.32 Å². The van der Waals surface area contributed by atoms with Gasteiger partial charge in [0.15, 0.2) is 13.2 Å². The minimum atomic E-state index is -1.01. The van der Waals surface area contributed by atoms with Crippen LogP contribution in [0.2, 0.25) is 0 Å². The third kappa shape index (κ3) is 4.96. The number of rotatable bonds is 7. The SMILES string of the molecule is CC(C)[C@@](C)(C#N)NC(=O)COC(=O)COc1ccc2ccccc2c1. The van der Waals surface area contributed by atoms with Crippen molar-refractivity contribution >= 4 is 22.6 Å². The molecule has 0 aliphatic rings. The summed E-state index contributed by atoms with van der Waals surface area (Å²) in [4.78, 5) is 23.6. The molecular weight excluding hydrogens is 332 g/mol. The van der Waals surface area contributed by atoms with E-state index in [9.17, 15) is 14.9 Å². The lowest BCUT2D eigenvalue weighted by molar-refractivity contribution is -0.150. The first-order valence-corrected chi connectivity index (χ1v) is 8.33. The second-order valence-electron chi connectivity index (χ2n) is 6.48. The first-order chi connectivity index (χ1) is 12.3. The Kier molecular flexibility index (Phi) is 6.18. The fourth-order valence-corrected chi connectivity index (χ4v) is 2.21. The topological polar surface area (TPSA) is 88.4 Å². The van der Waals surface area contributed by atoms with Crippen molar-refractivity contribution in [3.05, 3.63) is 42.5 Å². The quantitative estimate of drug-likeness (QED) is 0.773. The van der Waals surface area contributed by atoms with Crippen LogP contribution in [-0.2, 0) is 14.3 Å². The van der Waals surface area contributed by atoms with E-state index in [0.29, 0.717) is 5.75 Å². The minimum absolute atomic E-state index is 0.0802. The third-order valence-corrected chi connectivity index (χ3v) is 4.23. The van der Waals surface area contributed by atoms with Crippen LogP contribution < -0.4 is 10.1 Å². The van der Waals surface area contributed by atoms with Crippen LogP contribution >= 0.6 is 0 Å². The van der Waals surface area contributed by atoms with E-state index in [2.05, 4.69) is 11.4 Å². The molecule has 0 radical (unpaired) electrons. The predicted octanol–water partition coefficient (Wildman–Crippen LogP) is 2.82. The van der Waals surface area contributed by atoms with Gasteiger partial charge in [0.2, 0.25) is 0 Å². The van der Waals surface area contributed by atoms with Gasteiger partial charge in [-0.25, -0.2) is 4.79 Å². The second kappa shape index (κ2) is 8.34. The fraction of sp³-hybridized carbons (Fsp3) is 0.350. The third-order valence-electron chi connectivity index (χ3n) is 4.23. The fourth-order valence-electron chi connectivity index (χ4n) is 2.21. The number of benzene rings is 2. The number of nitrogens with one attached hydrogen (secondary N) is 1. The molecule has 6 nitrogen and oxygen atoms in total. The zero-order valence-electron chi connectivity index (χ0n) is 15.1. The summed E-state index contributed by atoms with van der Waals surface area (Å²) >= 11 is 0. The van der Waals surface area contributed by atoms with E-state index >= 15 is 0 Å². The van der Waals surface area contributed by atoms with Crippen molar-refractivity contribution in [2.75, 3.05) is 13.2 Å².